The van der Waals surface area contributed by atoms with Crippen LogP contribution in [0.15, 0.2) is 16.9 Å². The average Bonchev–Trinajstić information content (AvgIpc) is 2.48. The van der Waals surface area contributed by atoms with E-state index in [1.807, 2.05) is 0 Å². The van der Waals surface area contributed by atoms with Gasteiger partial charge in [-0.1, -0.05) is 6.92 Å². The van der Waals surface area contributed by atoms with E-state index in [-0.39, 0.29) is 23.2 Å². The molecule has 1 N–H and O–H groups in total. The van der Waals surface area contributed by atoms with Crippen LogP contribution in [0.3, 0.4) is 0 Å². The molecule has 0 spiro atoms. The number of amides is 1. The van der Waals surface area contributed by atoms with Crippen LogP contribution in [0.2, 0.25) is 0 Å². The predicted molar refractivity (Wildman–Crippen MR) is 79.3 cm³/mol. The van der Waals surface area contributed by atoms with E-state index >= 15 is 0 Å². The number of hydrogen-bond acceptors (Lipinski definition) is 4. The van der Waals surface area contributed by atoms with E-state index in [4.69, 9.17) is 4.74 Å². The molecule has 1 aromatic heterocycles. The minimum absolute atomic E-state index is 0.208. The summed E-state index contributed by atoms with van der Waals surface area (Å²) in [7, 11) is 1.56. The Balaban J connectivity index is 2.00. The van der Waals surface area contributed by atoms with Gasteiger partial charge in [-0.3, -0.25) is 9.59 Å². The van der Waals surface area contributed by atoms with Crippen molar-refractivity contribution in [1.29, 1.82) is 0 Å². The summed E-state index contributed by atoms with van der Waals surface area (Å²) in [6, 6.07) is 3.07. The molecule has 1 aliphatic carbocycles. The summed E-state index contributed by atoms with van der Waals surface area (Å²) in [6.07, 6.45) is 4.31. The summed E-state index contributed by atoms with van der Waals surface area (Å²) in [5, 5.41) is 7.11. The van der Waals surface area contributed by atoms with Crippen LogP contribution in [0.1, 0.15) is 43.1 Å². The zero-order chi connectivity index (χ0) is 15.2. The van der Waals surface area contributed by atoms with Crippen LogP contribution in [-0.4, -0.2) is 35.4 Å². The molecule has 116 valence electrons. The fourth-order valence-electron chi connectivity index (χ4n) is 2.57. The number of rotatable bonds is 5. The lowest BCUT2D eigenvalue weighted by Crippen LogP contribution is -2.38. The fourth-order valence-corrected chi connectivity index (χ4v) is 2.57. The Hall–Kier alpha value is -1.69. The third-order valence-electron chi connectivity index (χ3n) is 3.96. The van der Waals surface area contributed by atoms with Crippen LogP contribution < -0.4 is 10.9 Å². The highest BCUT2D eigenvalue weighted by molar-refractivity contribution is 5.92. The van der Waals surface area contributed by atoms with Gasteiger partial charge in [0.25, 0.3) is 11.5 Å². The highest BCUT2D eigenvalue weighted by Gasteiger charge is 2.21. The van der Waals surface area contributed by atoms with Crippen molar-refractivity contribution in [2.24, 2.45) is 5.92 Å². The van der Waals surface area contributed by atoms with E-state index in [1.54, 1.807) is 7.11 Å². The molecule has 0 radical (unpaired) electrons. The van der Waals surface area contributed by atoms with Gasteiger partial charge in [0.15, 0.2) is 0 Å². The number of methoxy groups -OCH3 is 1. The average molecular weight is 293 g/mol. The predicted octanol–water partition coefficient (Wildman–Crippen LogP) is 1.20. The van der Waals surface area contributed by atoms with Gasteiger partial charge in [-0.15, -0.1) is 0 Å². The lowest BCUT2D eigenvalue weighted by Gasteiger charge is -2.26. The molecule has 1 heterocycles. The molecule has 0 bridgehead atoms. The van der Waals surface area contributed by atoms with E-state index in [1.165, 1.54) is 16.8 Å². The molecule has 6 nitrogen and oxygen atoms in total. The standard InChI is InChI=1S/C15H23N3O3/c1-11-3-5-12(6-4-11)16-15(20)13-7-8-14(19)18(17-13)9-10-21-2/h7-8,11-12H,3-6,9-10H2,1-2H3,(H,16,20). The maximum Gasteiger partial charge on any atom is 0.271 e. The molecule has 6 heteroatoms. The van der Waals surface area contributed by atoms with Gasteiger partial charge in [0, 0.05) is 19.2 Å². The van der Waals surface area contributed by atoms with Gasteiger partial charge >= 0.3 is 0 Å². The summed E-state index contributed by atoms with van der Waals surface area (Å²) in [5.41, 5.74) is 0.0550. The van der Waals surface area contributed by atoms with Crippen molar-refractivity contribution in [2.75, 3.05) is 13.7 Å². The molecule has 1 amide bonds. The SMILES string of the molecule is COCCn1nc(C(=O)NC2CCC(C)CC2)ccc1=O. The van der Waals surface area contributed by atoms with Crippen molar-refractivity contribution in [3.05, 3.63) is 28.2 Å². The molecule has 2 rings (SSSR count). The van der Waals surface area contributed by atoms with Crippen LogP contribution >= 0.6 is 0 Å². The van der Waals surface area contributed by atoms with Crippen LogP contribution in [-0.2, 0) is 11.3 Å². The van der Waals surface area contributed by atoms with Crippen molar-refractivity contribution in [3.63, 3.8) is 0 Å². The number of nitrogens with one attached hydrogen (secondary N) is 1. The molecule has 1 aliphatic rings. The number of carbonyl (C=O) groups is 1. The Morgan fingerprint density at radius 1 is 1.38 bits per heavy atom. The lowest BCUT2D eigenvalue weighted by atomic mass is 9.87. The van der Waals surface area contributed by atoms with Crippen molar-refractivity contribution >= 4 is 5.91 Å². The Kier molecular flexibility index (Phi) is 5.50. The summed E-state index contributed by atoms with van der Waals surface area (Å²) < 4.78 is 6.20. The van der Waals surface area contributed by atoms with E-state index in [0.29, 0.717) is 13.2 Å². The highest BCUT2D eigenvalue weighted by Crippen LogP contribution is 2.23. The summed E-state index contributed by atoms with van der Waals surface area (Å²) in [6.45, 7) is 2.97. The number of ether oxygens (including phenoxy) is 1. The normalized spacial score (nSPS) is 22.0. The largest absolute Gasteiger partial charge is 0.383 e. The first-order valence-electron chi connectivity index (χ1n) is 7.48. The number of aromatic nitrogens is 2. The second-order valence-corrected chi connectivity index (χ2v) is 5.70. The van der Waals surface area contributed by atoms with Gasteiger partial charge < -0.3 is 10.1 Å². The zero-order valence-electron chi connectivity index (χ0n) is 12.7. The number of hydrogen-bond donors (Lipinski definition) is 1. The third kappa shape index (κ3) is 4.39. The van der Waals surface area contributed by atoms with Gasteiger partial charge in [-0.05, 0) is 37.7 Å². The van der Waals surface area contributed by atoms with Crippen LogP contribution in [0.4, 0.5) is 0 Å². The van der Waals surface area contributed by atoms with Gasteiger partial charge in [0.1, 0.15) is 5.69 Å². The van der Waals surface area contributed by atoms with Gasteiger partial charge in [-0.25, -0.2) is 4.68 Å². The van der Waals surface area contributed by atoms with E-state index in [0.717, 1.165) is 31.6 Å². The molecular weight excluding hydrogens is 270 g/mol. The van der Waals surface area contributed by atoms with Gasteiger partial charge in [0.05, 0.1) is 13.2 Å². The van der Waals surface area contributed by atoms with Crippen molar-refractivity contribution in [1.82, 2.24) is 15.1 Å². The Morgan fingerprint density at radius 3 is 2.76 bits per heavy atom. The molecular formula is C15H23N3O3. The monoisotopic (exact) mass is 293 g/mol. The topological polar surface area (TPSA) is 73.2 Å². The molecule has 21 heavy (non-hydrogen) atoms. The number of nitrogens with zero attached hydrogens (tertiary/aromatic N) is 2. The second kappa shape index (κ2) is 7.36. The minimum atomic E-state index is -0.227. The third-order valence-corrected chi connectivity index (χ3v) is 3.96. The summed E-state index contributed by atoms with van der Waals surface area (Å²) >= 11 is 0. The zero-order valence-corrected chi connectivity index (χ0v) is 12.7. The van der Waals surface area contributed by atoms with E-state index < -0.39 is 0 Å². The Bertz CT molecular complexity index is 533. The maximum atomic E-state index is 12.2. The van der Waals surface area contributed by atoms with Crippen LogP contribution in [0.5, 0.6) is 0 Å². The smallest absolute Gasteiger partial charge is 0.271 e. The molecule has 0 aliphatic heterocycles. The van der Waals surface area contributed by atoms with Crippen molar-refractivity contribution in [2.45, 2.75) is 45.2 Å². The molecule has 0 unspecified atom stereocenters. The highest BCUT2D eigenvalue weighted by atomic mass is 16.5. The van der Waals surface area contributed by atoms with Gasteiger partial charge in [-0.2, -0.15) is 5.10 Å². The first-order valence-corrected chi connectivity index (χ1v) is 7.48. The maximum absolute atomic E-state index is 12.2. The molecule has 1 aromatic rings. The molecule has 1 saturated carbocycles. The van der Waals surface area contributed by atoms with Crippen molar-refractivity contribution < 1.29 is 9.53 Å². The fraction of sp³-hybridized carbons (Fsp3) is 0.667. The Morgan fingerprint density at radius 2 is 2.10 bits per heavy atom. The number of carbonyl (C=O) groups excluding carboxylic acids is 1. The van der Waals surface area contributed by atoms with E-state index in [9.17, 15) is 9.59 Å². The molecule has 0 atom stereocenters. The lowest BCUT2D eigenvalue weighted by molar-refractivity contribution is 0.0914. The quantitative estimate of drug-likeness (QED) is 0.885. The first-order chi connectivity index (χ1) is 10.1. The van der Waals surface area contributed by atoms with Gasteiger partial charge in [0.2, 0.25) is 0 Å². The van der Waals surface area contributed by atoms with Crippen LogP contribution in [0.25, 0.3) is 0 Å². The minimum Gasteiger partial charge on any atom is -0.383 e. The first kappa shape index (κ1) is 15.7. The molecule has 0 aromatic carbocycles. The Labute approximate surface area is 124 Å². The van der Waals surface area contributed by atoms with Crippen LogP contribution in [0, 0.1) is 5.92 Å². The molecule has 1 fully saturated rings. The summed E-state index contributed by atoms with van der Waals surface area (Å²) in [5.74, 6) is 0.535. The second-order valence-electron chi connectivity index (χ2n) is 5.70. The molecule has 0 saturated heterocycles. The van der Waals surface area contributed by atoms with Crippen molar-refractivity contribution in [3.8, 4) is 0 Å². The van der Waals surface area contributed by atoms with E-state index in [2.05, 4.69) is 17.3 Å². The summed E-state index contributed by atoms with van der Waals surface area (Å²) in [4.78, 5) is 23.9.